The van der Waals surface area contributed by atoms with Crippen LogP contribution in [-0.2, 0) is 4.79 Å². The third kappa shape index (κ3) is 3.38. The fraction of sp³-hybridized carbons (Fsp3) is 0.368. The predicted octanol–water partition coefficient (Wildman–Crippen LogP) is 3.53. The van der Waals surface area contributed by atoms with Crippen molar-refractivity contribution in [2.45, 2.75) is 31.7 Å². The Hall–Kier alpha value is -2.76. The molecule has 0 spiro atoms. The van der Waals surface area contributed by atoms with Crippen molar-refractivity contribution in [3.05, 3.63) is 36.5 Å². The number of hydrogen-bond acceptors (Lipinski definition) is 5. The number of aromatic nitrogens is 1. The smallest absolute Gasteiger partial charge is 0.306 e. The Labute approximate surface area is 145 Å². The van der Waals surface area contributed by atoms with Gasteiger partial charge in [-0.2, -0.15) is 0 Å². The zero-order valence-corrected chi connectivity index (χ0v) is 13.8. The summed E-state index contributed by atoms with van der Waals surface area (Å²) in [5, 5.41) is 12.6. The van der Waals surface area contributed by atoms with E-state index in [1.54, 1.807) is 6.20 Å². The van der Waals surface area contributed by atoms with Crippen molar-refractivity contribution in [3.8, 4) is 22.8 Å². The highest BCUT2D eigenvalue weighted by Gasteiger charge is 2.25. The Bertz CT molecular complexity index is 785. The second-order valence-electron chi connectivity index (χ2n) is 6.53. The van der Waals surface area contributed by atoms with Crippen LogP contribution in [0.25, 0.3) is 11.3 Å². The maximum absolute atomic E-state index is 11.1. The number of carboxylic acid groups (broad SMARTS) is 1. The van der Waals surface area contributed by atoms with Crippen LogP contribution in [0.15, 0.2) is 36.5 Å². The van der Waals surface area contributed by atoms with Gasteiger partial charge in [-0.15, -0.1) is 0 Å². The van der Waals surface area contributed by atoms with Crippen LogP contribution in [0, 0.1) is 5.92 Å². The van der Waals surface area contributed by atoms with Crippen LogP contribution >= 0.6 is 0 Å². The number of nitrogens with zero attached hydrogens (tertiary/aromatic N) is 1. The minimum atomic E-state index is -0.674. The Morgan fingerprint density at radius 3 is 2.68 bits per heavy atom. The first-order valence-corrected chi connectivity index (χ1v) is 8.54. The number of anilines is 1. The maximum Gasteiger partial charge on any atom is 0.306 e. The summed E-state index contributed by atoms with van der Waals surface area (Å²) in [6.07, 6.45) is 4.99. The normalized spacial score (nSPS) is 21.8. The molecule has 0 bridgehead atoms. The molecular weight excluding hydrogens is 320 g/mol. The summed E-state index contributed by atoms with van der Waals surface area (Å²) in [5.74, 6) is 0.630. The summed E-state index contributed by atoms with van der Waals surface area (Å²) >= 11 is 0. The van der Waals surface area contributed by atoms with E-state index in [2.05, 4.69) is 10.3 Å². The first-order valence-electron chi connectivity index (χ1n) is 8.54. The monoisotopic (exact) mass is 340 g/mol. The molecule has 130 valence electrons. The van der Waals surface area contributed by atoms with E-state index in [1.165, 1.54) is 0 Å². The molecule has 1 aromatic carbocycles. The number of fused-ring (bicyclic) bond motifs is 1. The summed E-state index contributed by atoms with van der Waals surface area (Å²) in [6.45, 7) is 0.257. The molecule has 2 heterocycles. The first-order chi connectivity index (χ1) is 12.2. The van der Waals surface area contributed by atoms with Crippen LogP contribution < -0.4 is 14.8 Å². The van der Waals surface area contributed by atoms with Gasteiger partial charge in [0.05, 0.1) is 11.6 Å². The zero-order chi connectivity index (χ0) is 17.2. The van der Waals surface area contributed by atoms with Crippen LogP contribution in [0.3, 0.4) is 0 Å². The van der Waals surface area contributed by atoms with Crippen LogP contribution in [0.4, 0.5) is 5.69 Å². The number of rotatable bonds is 4. The summed E-state index contributed by atoms with van der Waals surface area (Å²) < 4.78 is 10.8. The lowest BCUT2D eigenvalue weighted by Crippen LogP contribution is -2.29. The molecule has 0 atom stereocenters. The van der Waals surface area contributed by atoms with E-state index in [1.807, 2.05) is 30.3 Å². The molecule has 6 heteroatoms. The van der Waals surface area contributed by atoms with Gasteiger partial charge in [0.2, 0.25) is 6.79 Å². The molecule has 1 aliphatic heterocycles. The molecule has 0 amide bonds. The van der Waals surface area contributed by atoms with E-state index in [9.17, 15) is 4.79 Å². The first kappa shape index (κ1) is 15.7. The summed E-state index contributed by atoms with van der Waals surface area (Å²) in [7, 11) is 0. The fourth-order valence-corrected chi connectivity index (χ4v) is 3.45. The highest BCUT2D eigenvalue weighted by atomic mass is 16.7. The molecule has 0 saturated heterocycles. The van der Waals surface area contributed by atoms with Crippen LogP contribution in [-0.4, -0.2) is 28.9 Å². The third-order valence-corrected chi connectivity index (χ3v) is 4.88. The van der Waals surface area contributed by atoms with Crippen molar-refractivity contribution in [2.24, 2.45) is 5.92 Å². The van der Waals surface area contributed by atoms with Gasteiger partial charge < -0.3 is 19.9 Å². The number of benzene rings is 1. The van der Waals surface area contributed by atoms with Crippen molar-refractivity contribution >= 4 is 11.7 Å². The quantitative estimate of drug-likeness (QED) is 0.886. The molecule has 6 nitrogen and oxygen atoms in total. The standard InChI is InChI=1S/C19H20N2O4/c22-19(23)12-1-4-14(5-2-12)21-15-7-8-20-16(10-15)13-3-6-17-18(9-13)25-11-24-17/h3,6-10,12,14H,1-2,4-5,11H2,(H,20,21)(H,22,23). The SMILES string of the molecule is O=C(O)C1CCC(Nc2ccnc(-c3ccc4c(c3)OCO4)c2)CC1. The number of pyridine rings is 1. The Morgan fingerprint density at radius 2 is 1.88 bits per heavy atom. The lowest BCUT2D eigenvalue weighted by Gasteiger charge is -2.27. The second kappa shape index (κ2) is 6.63. The lowest BCUT2D eigenvalue weighted by atomic mass is 9.86. The van der Waals surface area contributed by atoms with Gasteiger partial charge in [-0.1, -0.05) is 0 Å². The molecule has 4 rings (SSSR count). The largest absolute Gasteiger partial charge is 0.481 e. The Balaban J connectivity index is 1.46. The van der Waals surface area contributed by atoms with Crippen molar-refractivity contribution in [1.29, 1.82) is 0 Å². The Kier molecular flexibility index (Phi) is 4.17. The van der Waals surface area contributed by atoms with E-state index in [0.717, 1.165) is 54.1 Å². The molecule has 2 aromatic rings. The lowest BCUT2D eigenvalue weighted by molar-refractivity contribution is -0.142. The van der Waals surface area contributed by atoms with Crippen molar-refractivity contribution in [2.75, 3.05) is 12.1 Å². The van der Waals surface area contributed by atoms with E-state index in [0.29, 0.717) is 6.04 Å². The highest BCUT2D eigenvalue weighted by Crippen LogP contribution is 2.36. The minimum Gasteiger partial charge on any atom is -0.481 e. The van der Waals surface area contributed by atoms with Crippen LogP contribution in [0.5, 0.6) is 11.5 Å². The summed E-state index contributed by atoms with van der Waals surface area (Å²) in [6, 6.07) is 10.1. The molecule has 0 unspecified atom stereocenters. The van der Waals surface area contributed by atoms with E-state index in [-0.39, 0.29) is 12.7 Å². The van der Waals surface area contributed by atoms with Crippen LogP contribution in [0.2, 0.25) is 0 Å². The van der Waals surface area contributed by atoms with Gasteiger partial charge in [0.25, 0.3) is 0 Å². The topological polar surface area (TPSA) is 80.7 Å². The summed E-state index contributed by atoms with van der Waals surface area (Å²) in [4.78, 5) is 15.5. The van der Waals surface area contributed by atoms with E-state index >= 15 is 0 Å². The molecule has 1 aromatic heterocycles. The average molecular weight is 340 g/mol. The predicted molar refractivity (Wildman–Crippen MR) is 92.8 cm³/mol. The molecule has 1 fully saturated rings. The molecular formula is C19H20N2O4. The summed E-state index contributed by atoms with van der Waals surface area (Å²) in [5.41, 5.74) is 2.84. The van der Waals surface area contributed by atoms with Gasteiger partial charge in [-0.05, 0) is 56.0 Å². The van der Waals surface area contributed by atoms with Gasteiger partial charge in [-0.3, -0.25) is 9.78 Å². The van der Waals surface area contributed by atoms with Crippen molar-refractivity contribution in [1.82, 2.24) is 4.98 Å². The molecule has 2 aliphatic rings. The Morgan fingerprint density at radius 1 is 1.08 bits per heavy atom. The van der Waals surface area contributed by atoms with Gasteiger partial charge in [0, 0.05) is 23.5 Å². The van der Waals surface area contributed by atoms with E-state index in [4.69, 9.17) is 14.6 Å². The van der Waals surface area contributed by atoms with E-state index < -0.39 is 5.97 Å². The maximum atomic E-state index is 11.1. The molecule has 1 saturated carbocycles. The molecule has 2 N–H and O–H groups in total. The van der Waals surface area contributed by atoms with Crippen molar-refractivity contribution in [3.63, 3.8) is 0 Å². The fourth-order valence-electron chi connectivity index (χ4n) is 3.45. The average Bonchev–Trinajstić information content (AvgIpc) is 3.10. The molecule has 0 radical (unpaired) electrons. The number of carboxylic acids is 1. The number of hydrogen-bond donors (Lipinski definition) is 2. The van der Waals surface area contributed by atoms with Crippen molar-refractivity contribution < 1.29 is 19.4 Å². The van der Waals surface area contributed by atoms with Gasteiger partial charge >= 0.3 is 5.97 Å². The number of aliphatic carboxylic acids is 1. The number of ether oxygens (including phenoxy) is 2. The van der Waals surface area contributed by atoms with Gasteiger partial charge in [0.15, 0.2) is 11.5 Å². The number of carbonyl (C=O) groups is 1. The van der Waals surface area contributed by atoms with Gasteiger partial charge in [0.1, 0.15) is 0 Å². The number of nitrogens with one attached hydrogen (secondary N) is 1. The zero-order valence-electron chi connectivity index (χ0n) is 13.8. The van der Waals surface area contributed by atoms with Crippen LogP contribution in [0.1, 0.15) is 25.7 Å². The van der Waals surface area contributed by atoms with Gasteiger partial charge in [-0.25, -0.2) is 0 Å². The third-order valence-electron chi connectivity index (χ3n) is 4.88. The second-order valence-corrected chi connectivity index (χ2v) is 6.53. The highest BCUT2D eigenvalue weighted by molar-refractivity contribution is 5.70. The molecule has 25 heavy (non-hydrogen) atoms. The minimum absolute atomic E-state index is 0.195. The molecule has 1 aliphatic carbocycles.